The number of nitrogens with zero attached hydrogens (tertiary/aromatic N) is 1. The molecule has 1 aromatic carbocycles. The van der Waals surface area contributed by atoms with Crippen LogP contribution >= 0.6 is 0 Å². The van der Waals surface area contributed by atoms with Crippen LogP contribution in [-0.4, -0.2) is 48.2 Å². The molecule has 2 atom stereocenters. The van der Waals surface area contributed by atoms with Gasteiger partial charge in [0, 0.05) is 19.1 Å². The van der Waals surface area contributed by atoms with Crippen molar-refractivity contribution in [2.45, 2.75) is 51.4 Å². The van der Waals surface area contributed by atoms with Crippen LogP contribution in [0.4, 0.5) is 9.18 Å². The van der Waals surface area contributed by atoms with E-state index in [0.717, 1.165) is 5.56 Å². The van der Waals surface area contributed by atoms with Crippen molar-refractivity contribution in [2.75, 3.05) is 13.6 Å². The maximum Gasteiger partial charge on any atom is 0.407 e. The van der Waals surface area contributed by atoms with Crippen molar-refractivity contribution in [3.63, 3.8) is 0 Å². The van der Waals surface area contributed by atoms with E-state index < -0.39 is 11.7 Å². The number of carbonyl (C=O) groups is 2. The van der Waals surface area contributed by atoms with Crippen molar-refractivity contribution in [2.24, 2.45) is 0 Å². The van der Waals surface area contributed by atoms with E-state index in [1.807, 2.05) is 11.9 Å². The molecule has 1 aliphatic rings. The minimum Gasteiger partial charge on any atom is -0.444 e. The Morgan fingerprint density at radius 2 is 1.92 bits per heavy atom. The second-order valence-electron chi connectivity index (χ2n) is 7.38. The molecule has 1 aromatic rings. The summed E-state index contributed by atoms with van der Waals surface area (Å²) in [4.78, 5) is 26.1. The molecule has 0 bridgehead atoms. The average Bonchev–Trinajstić information content (AvgIpc) is 2.84. The molecule has 0 spiro atoms. The third-order valence-corrected chi connectivity index (χ3v) is 3.95. The van der Waals surface area contributed by atoms with Gasteiger partial charge in [0.05, 0.1) is 6.04 Å². The van der Waals surface area contributed by atoms with Crippen LogP contribution in [0.1, 0.15) is 32.8 Å². The maximum absolute atomic E-state index is 12.9. The van der Waals surface area contributed by atoms with Crippen LogP contribution in [0.5, 0.6) is 0 Å². The number of alkyl carbamates (subject to hydrolysis) is 1. The lowest BCUT2D eigenvalue weighted by Crippen LogP contribution is -2.41. The Bertz CT molecular complexity index is 613. The van der Waals surface area contributed by atoms with Crippen molar-refractivity contribution >= 4 is 12.0 Å². The molecule has 6 nitrogen and oxygen atoms in total. The molecule has 1 heterocycles. The number of carbonyl (C=O) groups excluding carboxylic acids is 2. The molecule has 0 radical (unpaired) electrons. The van der Waals surface area contributed by atoms with Crippen LogP contribution in [0.15, 0.2) is 24.3 Å². The summed E-state index contributed by atoms with van der Waals surface area (Å²) in [5, 5.41) is 5.66. The summed E-state index contributed by atoms with van der Waals surface area (Å²) in [6.07, 6.45) is 0.0450. The summed E-state index contributed by atoms with van der Waals surface area (Å²) in [6.45, 7) is 6.33. The minimum absolute atomic E-state index is 0.111. The SMILES string of the molecule is CN1CC(NC(=O)OC(C)(C)C)CC1C(=O)NCc1ccc(F)cc1. The lowest BCUT2D eigenvalue weighted by molar-refractivity contribution is -0.125. The lowest BCUT2D eigenvalue weighted by atomic mass is 10.1. The quantitative estimate of drug-likeness (QED) is 0.871. The molecule has 2 unspecified atom stereocenters. The van der Waals surface area contributed by atoms with E-state index in [2.05, 4.69) is 10.6 Å². The number of amides is 2. The van der Waals surface area contributed by atoms with Crippen molar-refractivity contribution in [1.82, 2.24) is 15.5 Å². The summed E-state index contributed by atoms with van der Waals surface area (Å²) < 4.78 is 18.1. The van der Waals surface area contributed by atoms with Gasteiger partial charge in [-0.05, 0) is 51.9 Å². The van der Waals surface area contributed by atoms with Gasteiger partial charge in [0.25, 0.3) is 0 Å². The van der Waals surface area contributed by atoms with Gasteiger partial charge in [-0.25, -0.2) is 9.18 Å². The first kappa shape index (κ1) is 19.2. The highest BCUT2D eigenvalue weighted by Crippen LogP contribution is 2.17. The molecule has 0 saturated carbocycles. The summed E-state index contributed by atoms with van der Waals surface area (Å²) in [7, 11) is 1.85. The minimum atomic E-state index is -0.555. The van der Waals surface area contributed by atoms with Gasteiger partial charge < -0.3 is 15.4 Å². The number of likely N-dealkylation sites (N-methyl/N-ethyl adjacent to an activating group) is 1. The molecule has 1 aliphatic heterocycles. The Morgan fingerprint density at radius 3 is 2.52 bits per heavy atom. The molecular weight excluding hydrogens is 325 g/mol. The molecule has 138 valence electrons. The number of hydrogen-bond donors (Lipinski definition) is 2. The monoisotopic (exact) mass is 351 g/mol. The standard InChI is InChI=1S/C18H26FN3O3/c1-18(2,3)25-17(24)21-14-9-15(22(4)11-14)16(23)20-10-12-5-7-13(19)8-6-12/h5-8,14-15H,9-11H2,1-4H3,(H,20,23)(H,21,24). The third kappa shape index (κ3) is 6.01. The number of halogens is 1. The molecule has 0 aromatic heterocycles. The van der Waals surface area contributed by atoms with E-state index in [0.29, 0.717) is 19.5 Å². The second kappa shape index (κ2) is 7.82. The molecular formula is C18H26FN3O3. The van der Waals surface area contributed by atoms with Crippen LogP contribution in [0, 0.1) is 5.82 Å². The fraction of sp³-hybridized carbons (Fsp3) is 0.556. The van der Waals surface area contributed by atoms with E-state index in [1.54, 1.807) is 32.9 Å². The molecule has 1 fully saturated rings. The van der Waals surface area contributed by atoms with Crippen LogP contribution in [0.3, 0.4) is 0 Å². The first-order valence-corrected chi connectivity index (χ1v) is 8.36. The second-order valence-corrected chi connectivity index (χ2v) is 7.38. The number of rotatable bonds is 4. The van der Waals surface area contributed by atoms with Gasteiger partial charge in [-0.15, -0.1) is 0 Å². The van der Waals surface area contributed by atoms with Crippen LogP contribution in [-0.2, 0) is 16.1 Å². The molecule has 2 rings (SSSR count). The maximum atomic E-state index is 12.9. The van der Waals surface area contributed by atoms with E-state index >= 15 is 0 Å². The van der Waals surface area contributed by atoms with Crippen molar-refractivity contribution in [1.29, 1.82) is 0 Å². The van der Waals surface area contributed by atoms with Crippen molar-refractivity contribution in [3.8, 4) is 0 Å². The Labute approximate surface area is 147 Å². The molecule has 0 aliphatic carbocycles. The Hall–Kier alpha value is -2.15. The first-order valence-electron chi connectivity index (χ1n) is 8.36. The van der Waals surface area contributed by atoms with Gasteiger partial charge >= 0.3 is 6.09 Å². The van der Waals surface area contributed by atoms with Gasteiger partial charge in [0.1, 0.15) is 11.4 Å². The zero-order valence-corrected chi connectivity index (χ0v) is 15.1. The smallest absolute Gasteiger partial charge is 0.407 e. The van der Waals surface area contributed by atoms with Crippen molar-refractivity contribution < 1.29 is 18.7 Å². The summed E-state index contributed by atoms with van der Waals surface area (Å²) in [5.41, 5.74) is 0.277. The predicted octanol–water partition coefficient (Wildman–Crippen LogP) is 2.04. The molecule has 25 heavy (non-hydrogen) atoms. The van der Waals surface area contributed by atoms with E-state index in [9.17, 15) is 14.0 Å². The Balaban J connectivity index is 1.82. The first-order chi connectivity index (χ1) is 11.6. The molecule has 2 amide bonds. The third-order valence-electron chi connectivity index (χ3n) is 3.95. The summed E-state index contributed by atoms with van der Waals surface area (Å²) >= 11 is 0. The normalized spacial score (nSPS) is 21.0. The van der Waals surface area contributed by atoms with Gasteiger partial charge in [-0.2, -0.15) is 0 Å². The van der Waals surface area contributed by atoms with E-state index in [1.165, 1.54) is 12.1 Å². The number of nitrogens with one attached hydrogen (secondary N) is 2. The number of hydrogen-bond acceptors (Lipinski definition) is 4. The number of benzene rings is 1. The molecule has 7 heteroatoms. The highest BCUT2D eigenvalue weighted by molar-refractivity contribution is 5.82. The van der Waals surface area contributed by atoms with Crippen molar-refractivity contribution in [3.05, 3.63) is 35.6 Å². The van der Waals surface area contributed by atoms with Gasteiger partial charge in [0.2, 0.25) is 5.91 Å². The Morgan fingerprint density at radius 1 is 1.28 bits per heavy atom. The van der Waals surface area contributed by atoms with Crippen LogP contribution in [0.25, 0.3) is 0 Å². The highest BCUT2D eigenvalue weighted by atomic mass is 19.1. The van der Waals surface area contributed by atoms with Gasteiger partial charge in [0.15, 0.2) is 0 Å². The lowest BCUT2D eigenvalue weighted by Gasteiger charge is -2.21. The summed E-state index contributed by atoms with van der Waals surface area (Å²) in [5.74, 6) is -0.415. The predicted molar refractivity (Wildman–Crippen MR) is 92.4 cm³/mol. The summed E-state index contributed by atoms with van der Waals surface area (Å²) in [6, 6.07) is 5.55. The zero-order chi connectivity index (χ0) is 18.6. The topological polar surface area (TPSA) is 70.7 Å². The van der Waals surface area contributed by atoms with Crippen LogP contribution in [0.2, 0.25) is 0 Å². The number of likely N-dealkylation sites (tertiary alicyclic amines) is 1. The number of ether oxygens (including phenoxy) is 1. The zero-order valence-electron chi connectivity index (χ0n) is 15.1. The highest BCUT2D eigenvalue weighted by Gasteiger charge is 2.35. The van der Waals surface area contributed by atoms with E-state index in [-0.39, 0.29) is 23.8 Å². The average molecular weight is 351 g/mol. The van der Waals surface area contributed by atoms with E-state index in [4.69, 9.17) is 4.74 Å². The molecule has 1 saturated heterocycles. The largest absolute Gasteiger partial charge is 0.444 e. The van der Waals surface area contributed by atoms with Gasteiger partial charge in [-0.3, -0.25) is 9.69 Å². The molecule has 2 N–H and O–H groups in total. The fourth-order valence-electron chi connectivity index (χ4n) is 2.79. The Kier molecular flexibility index (Phi) is 6.00. The van der Waals surface area contributed by atoms with Gasteiger partial charge in [-0.1, -0.05) is 12.1 Å². The van der Waals surface area contributed by atoms with Crippen LogP contribution < -0.4 is 10.6 Å². The fourth-order valence-corrected chi connectivity index (χ4v) is 2.79.